The molecule has 18 heavy (non-hydrogen) atoms. The molecule has 0 amide bonds. The van der Waals surface area contributed by atoms with Crippen molar-refractivity contribution in [3.05, 3.63) is 0 Å². The van der Waals surface area contributed by atoms with E-state index in [0.29, 0.717) is 18.2 Å². The first kappa shape index (κ1) is 14.3. The smallest absolute Gasteiger partial charge is 0.155 e. The van der Waals surface area contributed by atoms with Gasteiger partial charge in [0, 0.05) is 6.04 Å². The lowest BCUT2D eigenvalue weighted by molar-refractivity contribution is -0.195. The summed E-state index contributed by atoms with van der Waals surface area (Å²) in [4.78, 5) is 0. The molecule has 0 aliphatic heterocycles. The highest BCUT2D eigenvalue weighted by atomic mass is 16.7. The van der Waals surface area contributed by atoms with Crippen molar-refractivity contribution in [1.29, 1.82) is 0 Å². The highest BCUT2D eigenvalue weighted by Crippen LogP contribution is 2.27. The Morgan fingerprint density at radius 3 is 1.78 bits per heavy atom. The van der Waals surface area contributed by atoms with E-state index in [9.17, 15) is 0 Å². The van der Waals surface area contributed by atoms with Crippen LogP contribution in [0.1, 0.15) is 65.2 Å². The van der Waals surface area contributed by atoms with Gasteiger partial charge in [0.2, 0.25) is 0 Å². The van der Waals surface area contributed by atoms with E-state index < -0.39 is 0 Å². The summed E-state index contributed by atoms with van der Waals surface area (Å²) >= 11 is 0. The molecule has 2 saturated carbocycles. The van der Waals surface area contributed by atoms with E-state index in [0.717, 1.165) is 31.6 Å². The molecule has 0 aromatic heterocycles. The molecule has 3 nitrogen and oxygen atoms in total. The van der Waals surface area contributed by atoms with Gasteiger partial charge in [0.05, 0.1) is 12.2 Å². The Hall–Kier alpha value is -0.120. The molecule has 0 aromatic carbocycles. The van der Waals surface area contributed by atoms with Crippen LogP contribution in [0, 0.1) is 5.92 Å². The van der Waals surface area contributed by atoms with Crippen molar-refractivity contribution >= 4 is 0 Å². The van der Waals surface area contributed by atoms with Gasteiger partial charge >= 0.3 is 0 Å². The summed E-state index contributed by atoms with van der Waals surface area (Å²) in [5.74, 6) is 0.876. The molecule has 0 aromatic rings. The topological polar surface area (TPSA) is 44.5 Å². The molecular weight excluding hydrogens is 226 g/mol. The van der Waals surface area contributed by atoms with Crippen LogP contribution in [0.15, 0.2) is 0 Å². The molecule has 2 rings (SSSR count). The maximum Gasteiger partial charge on any atom is 0.155 e. The third-order valence-electron chi connectivity index (χ3n) is 4.45. The normalized spacial score (nSPS) is 39.5. The third kappa shape index (κ3) is 4.52. The SMILES string of the molecule is CC1CCC(OC(C)OC2CCC(N)CC2)CC1. The van der Waals surface area contributed by atoms with E-state index in [1.165, 1.54) is 25.7 Å². The minimum atomic E-state index is -0.0530. The summed E-state index contributed by atoms with van der Waals surface area (Å²) in [6.07, 6.45) is 10.1. The van der Waals surface area contributed by atoms with Crippen LogP contribution in [0.5, 0.6) is 0 Å². The number of nitrogens with two attached hydrogens (primary N) is 1. The first-order valence-corrected chi connectivity index (χ1v) is 7.70. The average molecular weight is 255 g/mol. The second kappa shape index (κ2) is 6.88. The van der Waals surface area contributed by atoms with Crippen LogP contribution in [0.2, 0.25) is 0 Å². The van der Waals surface area contributed by atoms with Gasteiger partial charge in [-0.05, 0) is 64.2 Å². The van der Waals surface area contributed by atoms with Crippen molar-refractivity contribution in [1.82, 2.24) is 0 Å². The second-order valence-electron chi connectivity index (χ2n) is 6.26. The van der Waals surface area contributed by atoms with Crippen molar-refractivity contribution in [2.24, 2.45) is 11.7 Å². The lowest BCUT2D eigenvalue weighted by Crippen LogP contribution is -2.34. The highest BCUT2D eigenvalue weighted by Gasteiger charge is 2.24. The minimum Gasteiger partial charge on any atom is -0.350 e. The number of rotatable bonds is 4. The Labute approximate surface area is 111 Å². The van der Waals surface area contributed by atoms with Crippen LogP contribution in [-0.2, 0) is 9.47 Å². The summed E-state index contributed by atoms with van der Waals surface area (Å²) in [5.41, 5.74) is 5.90. The molecule has 0 radical (unpaired) electrons. The molecule has 1 unspecified atom stereocenters. The fourth-order valence-corrected chi connectivity index (χ4v) is 3.16. The summed E-state index contributed by atoms with van der Waals surface area (Å²) in [5, 5.41) is 0. The van der Waals surface area contributed by atoms with Crippen molar-refractivity contribution in [3.8, 4) is 0 Å². The predicted molar refractivity (Wildman–Crippen MR) is 73.3 cm³/mol. The molecule has 0 bridgehead atoms. The molecule has 2 aliphatic rings. The predicted octanol–water partition coefficient (Wildman–Crippen LogP) is 3.21. The summed E-state index contributed by atoms with van der Waals surface area (Å²) in [6.45, 7) is 4.38. The number of hydrogen-bond donors (Lipinski definition) is 1. The van der Waals surface area contributed by atoms with Crippen LogP contribution in [0.4, 0.5) is 0 Å². The number of hydrogen-bond acceptors (Lipinski definition) is 3. The molecule has 106 valence electrons. The molecule has 2 N–H and O–H groups in total. The van der Waals surface area contributed by atoms with Gasteiger partial charge in [0.15, 0.2) is 6.29 Å². The van der Waals surface area contributed by atoms with Crippen LogP contribution >= 0.6 is 0 Å². The fourth-order valence-electron chi connectivity index (χ4n) is 3.16. The fraction of sp³-hybridized carbons (Fsp3) is 1.00. The molecule has 0 heterocycles. The second-order valence-corrected chi connectivity index (χ2v) is 6.26. The standard InChI is InChI=1S/C15H29NO2/c1-11-3-7-14(8-4-11)17-12(2)18-15-9-5-13(16)6-10-15/h11-15H,3-10,16H2,1-2H3. The Morgan fingerprint density at radius 1 is 0.833 bits per heavy atom. The Morgan fingerprint density at radius 2 is 1.28 bits per heavy atom. The average Bonchev–Trinajstić information content (AvgIpc) is 2.35. The maximum atomic E-state index is 6.02. The molecular formula is C15H29NO2. The van der Waals surface area contributed by atoms with Crippen LogP contribution in [-0.4, -0.2) is 24.5 Å². The van der Waals surface area contributed by atoms with E-state index in [4.69, 9.17) is 15.2 Å². The molecule has 0 saturated heterocycles. The van der Waals surface area contributed by atoms with Crippen molar-refractivity contribution < 1.29 is 9.47 Å². The molecule has 2 aliphatic carbocycles. The summed E-state index contributed by atoms with van der Waals surface area (Å²) < 4.78 is 12.0. The van der Waals surface area contributed by atoms with Gasteiger partial charge < -0.3 is 15.2 Å². The van der Waals surface area contributed by atoms with Gasteiger partial charge in [-0.25, -0.2) is 0 Å². The molecule has 0 spiro atoms. The lowest BCUT2D eigenvalue weighted by Gasteiger charge is -2.32. The monoisotopic (exact) mass is 255 g/mol. The zero-order valence-corrected chi connectivity index (χ0v) is 11.9. The summed E-state index contributed by atoms with van der Waals surface area (Å²) in [7, 11) is 0. The van der Waals surface area contributed by atoms with E-state index >= 15 is 0 Å². The van der Waals surface area contributed by atoms with Crippen LogP contribution < -0.4 is 5.73 Å². The third-order valence-corrected chi connectivity index (χ3v) is 4.45. The highest BCUT2D eigenvalue weighted by molar-refractivity contribution is 4.75. The van der Waals surface area contributed by atoms with E-state index in [1.54, 1.807) is 0 Å². The Kier molecular flexibility index (Phi) is 5.46. The lowest BCUT2D eigenvalue weighted by atomic mass is 9.89. The van der Waals surface area contributed by atoms with Crippen LogP contribution in [0.25, 0.3) is 0 Å². The van der Waals surface area contributed by atoms with Gasteiger partial charge in [-0.3, -0.25) is 0 Å². The van der Waals surface area contributed by atoms with E-state index in [2.05, 4.69) is 6.92 Å². The van der Waals surface area contributed by atoms with Gasteiger partial charge in [0.25, 0.3) is 0 Å². The first-order chi connectivity index (χ1) is 8.63. The maximum absolute atomic E-state index is 6.02. The van der Waals surface area contributed by atoms with Crippen molar-refractivity contribution in [2.45, 2.75) is 89.8 Å². The van der Waals surface area contributed by atoms with Crippen LogP contribution in [0.3, 0.4) is 0 Å². The van der Waals surface area contributed by atoms with Gasteiger partial charge in [-0.15, -0.1) is 0 Å². The molecule has 2 fully saturated rings. The van der Waals surface area contributed by atoms with Gasteiger partial charge in [-0.2, -0.15) is 0 Å². The van der Waals surface area contributed by atoms with Gasteiger partial charge in [0.1, 0.15) is 0 Å². The molecule has 1 atom stereocenters. The van der Waals surface area contributed by atoms with Crippen molar-refractivity contribution in [2.75, 3.05) is 0 Å². The molecule has 3 heteroatoms. The largest absolute Gasteiger partial charge is 0.350 e. The van der Waals surface area contributed by atoms with E-state index in [-0.39, 0.29) is 6.29 Å². The zero-order chi connectivity index (χ0) is 13.0. The zero-order valence-electron chi connectivity index (χ0n) is 11.9. The Balaban J connectivity index is 1.64. The quantitative estimate of drug-likeness (QED) is 0.784. The first-order valence-electron chi connectivity index (χ1n) is 7.70. The number of ether oxygens (including phenoxy) is 2. The Bertz CT molecular complexity index is 207. The van der Waals surface area contributed by atoms with Crippen molar-refractivity contribution in [3.63, 3.8) is 0 Å². The minimum absolute atomic E-state index is 0.0530. The van der Waals surface area contributed by atoms with Gasteiger partial charge in [-0.1, -0.05) is 6.92 Å². The summed E-state index contributed by atoms with van der Waals surface area (Å²) in [6, 6.07) is 0.390. The van der Waals surface area contributed by atoms with E-state index in [1.807, 2.05) is 6.92 Å².